The number of nitrogens with two attached hydrogens (primary N) is 3. The number of hydrogen-bond donors (Lipinski definition) is 7. The number of carbonyl (C=O) groups excluding carboxylic acids is 5. The van der Waals surface area contributed by atoms with Gasteiger partial charge in [0, 0.05) is 43.2 Å². The third-order valence-corrected chi connectivity index (χ3v) is 11.3. The van der Waals surface area contributed by atoms with Crippen LogP contribution in [0.25, 0.3) is 22.3 Å². The Morgan fingerprint density at radius 3 is 2.20 bits per heavy atom. The second-order valence-corrected chi connectivity index (χ2v) is 16.3. The number of ether oxygens (including phenoxy) is 2. The van der Waals surface area contributed by atoms with Crippen molar-refractivity contribution in [1.82, 2.24) is 26.2 Å². The monoisotopic (exact) mass is 901 g/mol. The van der Waals surface area contributed by atoms with Crippen molar-refractivity contribution in [2.45, 2.75) is 83.0 Å². The number of unbranched alkanes of at least 4 members (excludes halogenated alkanes) is 2. The van der Waals surface area contributed by atoms with Gasteiger partial charge in [-0.05, 0) is 110 Å². The Bertz CT molecular complexity index is 2350. The van der Waals surface area contributed by atoms with Gasteiger partial charge in [-0.2, -0.15) is 5.26 Å². The van der Waals surface area contributed by atoms with Crippen molar-refractivity contribution in [2.24, 2.45) is 17.2 Å². The fourth-order valence-corrected chi connectivity index (χ4v) is 7.78. The highest BCUT2D eigenvalue weighted by molar-refractivity contribution is 6.00. The summed E-state index contributed by atoms with van der Waals surface area (Å²) in [5.74, 6) is -2.23. The minimum absolute atomic E-state index is 0.0140. The minimum atomic E-state index is -1.36. The van der Waals surface area contributed by atoms with Crippen LogP contribution in [0.15, 0.2) is 84.9 Å². The van der Waals surface area contributed by atoms with Crippen molar-refractivity contribution in [3.8, 4) is 39.8 Å². The van der Waals surface area contributed by atoms with Crippen molar-refractivity contribution in [1.29, 1.82) is 5.26 Å². The summed E-state index contributed by atoms with van der Waals surface area (Å²) in [5, 5.41) is 20.1. The third kappa shape index (κ3) is 13.4. The van der Waals surface area contributed by atoms with Gasteiger partial charge in [0.25, 0.3) is 5.91 Å². The fraction of sp³-hybridized carbons (Fsp3) is 0.400. The molecule has 10 N–H and O–H groups in total. The molecule has 4 bridgehead atoms. The highest BCUT2D eigenvalue weighted by Gasteiger charge is 2.36. The number of rotatable bonds is 20. The zero-order valence-electron chi connectivity index (χ0n) is 38.1. The molecule has 0 saturated heterocycles. The van der Waals surface area contributed by atoms with Crippen LogP contribution in [0, 0.1) is 11.3 Å². The molecule has 1 aliphatic heterocycles. The van der Waals surface area contributed by atoms with Crippen LogP contribution in [0.3, 0.4) is 0 Å². The second kappa shape index (κ2) is 25.0. The molecule has 0 unspecified atom stereocenters. The number of nitrogens with zero attached hydrogens (tertiary/aromatic N) is 2. The van der Waals surface area contributed by atoms with Gasteiger partial charge < -0.3 is 52.8 Å². The van der Waals surface area contributed by atoms with Gasteiger partial charge in [-0.25, -0.2) is 0 Å². The Kier molecular flexibility index (Phi) is 19.0. The summed E-state index contributed by atoms with van der Waals surface area (Å²) in [6, 6.07) is 22.9. The first-order chi connectivity index (χ1) is 31.9. The molecule has 0 radical (unpaired) electrons. The lowest BCUT2D eigenvalue weighted by Crippen LogP contribution is -2.56. The molecule has 66 heavy (non-hydrogen) atoms. The lowest BCUT2D eigenvalue weighted by Gasteiger charge is -2.33. The van der Waals surface area contributed by atoms with Gasteiger partial charge in [0.1, 0.15) is 55.4 Å². The average Bonchev–Trinajstić information content (AvgIpc) is 3.33. The summed E-state index contributed by atoms with van der Waals surface area (Å²) < 4.78 is 12.2. The lowest BCUT2D eigenvalue weighted by atomic mass is 9.93. The first-order valence-corrected chi connectivity index (χ1v) is 22.6. The molecule has 5 amide bonds. The van der Waals surface area contributed by atoms with E-state index in [-0.39, 0.29) is 45.7 Å². The van der Waals surface area contributed by atoms with E-state index < -0.39 is 53.7 Å². The molecule has 0 aromatic heterocycles. The zero-order chi connectivity index (χ0) is 47.6. The number of nitrogens with one attached hydrogen (secondary N) is 4. The summed E-state index contributed by atoms with van der Waals surface area (Å²) in [4.78, 5) is 72.0. The number of benzene rings is 4. The smallest absolute Gasteiger partial charge is 0.251 e. The van der Waals surface area contributed by atoms with Crippen LogP contribution in [0.5, 0.6) is 11.5 Å². The molecule has 5 rings (SSSR count). The van der Waals surface area contributed by atoms with E-state index in [2.05, 4.69) is 40.3 Å². The molecule has 16 heteroatoms. The quantitative estimate of drug-likeness (QED) is 0.0498. The van der Waals surface area contributed by atoms with Crippen LogP contribution in [0.1, 0.15) is 79.0 Å². The maximum Gasteiger partial charge on any atom is 0.251 e. The Morgan fingerprint density at radius 2 is 1.53 bits per heavy atom. The first-order valence-electron chi connectivity index (χ1n) is 22.6. The van der Waals surface area contributed by atoms with Gasteiger partial charge in [-0.3, -0.25) is 24.0 Å². The van der Waals surface area contributed by atoms with E-state index in [9.17, 15) is 29.2 Å². The van der Waals surface area contributed by atoms with Crippen molar-refractivity contribution in [2.75, 3.05) is 46.4 Å². The summed E-state index contributed by atoms with van der Waals surface area (Å²) in [6.45, 7) is 4.42. The van der Waals surface area contributed by atoms with Crippen LogP contribution >= 0.6 is 0 Å². The molecular weight excluding hydrogens is 839 g/mol. The van der Waals surface area contributed by atoms with E-state index in [1.165, 1.54) is 24.4 Å². The van der Waals surface area contributed by atoms with Gasteiger partial charge >= 0.3 is 0 Å². The number of hydrogen-bond acceptors (Lipinski definition) is 11. The minimum Gasteiger partial charge on any atom is -0.492 e. The van der Waals surface area contributed by atoms with Crippen molar-refractivity contribution in [3.63, 3.8) is 0 Å². The maximum atomic E-state index is 14.9. The maximum absolute atomic E-state index is 14.9. The number of fused-ring (bicyclic) bond motifs is 5. The highest BCUT2D eigenvalue weighted by atomic mass is 16.5. The number of likely N-dealkylation sites (N-methyl/N-ethyl adjacent to an activating group) is 1. The molecule has 0 fully saturated rings. The average molecular weight is 902 g/mol. The largest absolute Gasteiger partial charge is 0.492 e. The van der Waals surface area contributed by atoms with Gasteiger partial charge in [0.05, 0.1) is 6.07 Å². The second-order valence-electron chi connectivity index (χ2n) is 16.3. The normalized spacial score (nSPS) is 16.3. The summed E-state index contributed by atoms with van der Waals surface area (Å²) in [6.07, 6.45) is 4.51. The standard InChI is InChI=1S/C50H63N9O7/c1-4-5-9-33-13-16-35(17-14-33)36-10-8-11-38(30-36)47(61)57-41(12-6-7-21-51)50(64)59(3)45-37-18-20-44(66-27-24-54)40(31-37)39-28-34(15-19-43(39)65-26-23-53)29-42(48(62)55-25-22-52)58-46(60)32(2)56-49(45)63/h8,10-11,13-20,28,30-32,41-42,45H,4-7,9,12,21,23-27,29,51,53-54H2,1-3H3,(H,55,62)(H,56,63)(H,57,61)(H,58,60)/t32-,41-,42-,45-/m0/s1. The van der Waals surface area contributed by atoms with E-state index in [0.717, 1.165) is 30.4 Å². The van der Waals surface area contributed by atoms with E-state index in [1.807, 2.05) is 24.3 Å². The van der Waals surface area contributed by atoms with Crippen LogP contribution in [-0.2, 0) is 32.0 Å². The predicted molar refractivity (Wildman–Crippen MR) is 253 cm³/mol. The van der Waals surface area contributed by atoms with Crippen LogP contribution < -0.4 is 47.9 Å². The van der Waals surface area contributed by atoms with Crippen LogP contribution in [-0.4, -0.2) is 99.0 Å². The van der Waals surface area contributed by atoms with E-state index in [1.54, 1.807) is 54.6 Å². The molecule has 350 valence electrons. The van der Waals surface area contributed by atoms with Gasteiger partial charge in [-0.1, -0.05) is 61.9 Å². The molecule has 4 aromatic carbocycles. The molecule has 4 aromatic rings. The topological polar surface area (TPSA) is 257 Å². The van der Waals surface area contributed by atoms with Gasteiger partial charge in [0.2, 0.25) is 23.6 Å². The Morgan fingerprint density at radius 1 is 0.833 bits per heavy atom. The molecule has 0 aliphatic carbocycles. The van der Waals surface area contributed by atoms with E-state index >= 15 is 0 Å². The molecule has 0 saturated carbocycles. The Labute approximate surface area is 386 Å². The first kappa shape index (κ1) is 50.2. The third-order valence-electron chi connectivity index (χ3n) is 11.3. The molecule has 1 aliphatic rings. The van der Waals surface area contributed by atoms with Gasteiger partial charge in [0.15, 0.2) is 0 Å². The van der Waals surface area contributed by atoms with Crippen molar-refractivity contribution < 1.29 is 33.4 Å². The van der Waals surface area contributed by atoms with Gasteiger partial charge in [-0.15, -0.1) is 0 Å². The van der Waals surface area contributed by atoms with Crippen LogP contribution in [0.4, 0.5) is 0 Å². The highest BCUT2D eigenvalue weighted by Crippen LogP contribution is 2.40. The summed E-state index contributed by atoms with van der Waals surface area (Å²) in [7, 11) is 1.47. The Balaban J connectivity index is 1.57. The lowest BCUT2D eigenvalue weighted by molar-refractivity contribution is -0.141. The summed E-state index contributed by atoms with van der Waals surface area (Å²) >= 11 is 0. The zero-order valence-corrected chi connectivity index (χ0v) is 38.1. The fourth-order valence-electron chi connectivity index (χ4n) is 7.78. The predicted octanol–water partition coefficient (Wildman–Crippen LogP) is 3.65. The van der Waals surface area contributed by atoms with E-state index in [0.29, 0.717) is 58.7 Å². The number of carbonyl (C=O) groups is 5. The number of amides is 5. The SMILES string of the molecule is CCCCc1ccc(-c2cccc(C(=O)N[C@@H](CCCCN)C(=O)N(C)[C@@H]3C(=O)N[C@@H](C)C(=O)N[C@H](C(=O)NCC#N)Cc4ccc(OCCN)c(c4)-c4cc3ccc4OCCN)c2)cc1. The van der Waals surface area contributed by atoms with Crippen molar-refractivity contribution >= 4 is 29.5 Å². The molecule has 4 atom stereocenters. The van der Waals surface area contributed by atoms with Crippen molar-refractivity contribution in [3.05, 3.63) is 107 Å². The molecule has 16 nitrogen and oxygen atoms in total. The number of nitriles is 1. The molecule has 0 spiro atoms. The van der Waals surface area contributed by atoms with E-state index in [4.69, 9.17) is 26.7 Å². The van der Waals surface area contributed by atoms with Crippen LogP contribution in [0.2, 0.25) is 0 Å². The Hall–Kier alpha value is -6.80. The number of aryl methyl sites for hydroxylation is 1. The molecular formula is C50H63N9O7. The molecule has 1 heterocycles. The summed E-state index contributed by atoms with van der Waals surface area (Å²) in [5.41, 5.74) is 22.9.